The summed E-state index contributed by atoms with van der Waals surface area (Å²) in [4.78, 5) is 0.995. The quantitative estimate of drug-likeness (QED) is 0.513. The molecule has 3 N–H and O–H groups in total. The molecule has 2 aromatic rings. The molecule has 0 saturated heterocycles. The summed E-state index contributed by atoms with van der Waals surface area (Å²) < 4.78 is 26.8. The lowest BCUT2D eigenvalue weighted by Gasteiger charge is -2.20. The summed E-state index contributed by atoms with van der Waals surface area (Å²) in [5, 5.41) is 0. The van der Waals surface area contributed by atoms with Crippen LogP contribution in [0.5, 0.6) is 0 Å². The molecule has 2 nitrogen and oxygen atoms in total. The first-order valence-corrected chi connectivity index (χ1v) is 6.94. The van der Waals surface area contributed by atoms with Crippen molar-refractivity contribution >= 4 is 11.8 Å². The standard InChI is InChI=1S/C14H14F2N2S/c1-19-13-5-3-2-4-11(13)14(18-17)10-7-6-9(15)8-12(10)16/h2-8,14,18H,17H2,1H3. The van der Waals surface area contributed by atoms with Gasteiger partial charge >= 0.3 is 0 Å². The molecule has 0 aliphatic carbocycles. The zero-order chi connectivity index (χ0) is 13.8. The SMILES string of the molecule is CSc1ccccc1C(NN)c1ccc(F)cc1F. The maximum Gasteiger partial charge on any atom is 0.131 e. The Morgan fingerprint density at radius 3 is 2.47 bits per heavy atom. The maximum atomic E-state index is 13.9. The lowest BCUT2D eigenvalue weighted by Crippen LogP contribution is -2.30. The van der Waals surface area contributed by atoms with Gasteiger partial charge in [-0.2, -0.15) is 0 Å². The van der Waals surface area contributed by atoms with Gasteiger partial charge in [-0.25, -0.2) is 14.2 Å². The van der Waals surface area contributed by atoms with Gasteiger partial charge in [0.15, 0.2) is 0 Å². The summed E-state index contributed by atoms with van der Waals surface area (Å²) in [5.41, 5.74) is 3.78. The number of rotatable bonds is 4. The van der Waals surface area contributed by atoms with Crippen molar-refractivity contribution in [2.45, 2.75) is 10.9 Å². The average Bonchev–Trinajstić information content (AvgIpc) is 2.42. The molecule has 100 valence electrons. The molecule has 0 saturated carbocycles. The molecule has 0 heterocycles. The average molecular weight is 280 g/mol. The molecular formula is C14H14F2N2S. The molecule has 19 heavy (non-hydrogen) atoms. The minimum Gasteiger partial charge on any atom is -0.271 e. The van der Waals surface area contributed by atoms with Gasteiger partial charge in [0.2, 0.25) is 0 Å². The van der Waals surface area contributed by atoms with Crippen LogP contribution < -0.4 is 11.3 Å². The van der Waals surface area contributed by atoms with Gasteiger partial charge in [0.25, 0.3) is 0 Å². The normalized spacial score (nSPS) is 12.4. The molecule has 0 bridgehead atoms. The molecule has 0 radical (unpaired) electrons. The molecule has 1 atom stereocenters. The van der Waals surface area contributed by atoms with Crippen LogP contribution in [-0.4, -0.2) is 6.26 Å². The lowest BCUT2D eigenvalue weighted by molar-refractivity contribution is 0.539. The van der Waals surface area contributed by atoms with Crippen LogP contribution in [0.2, 0.25) is 0 Å². The monoisotopic (exact) mass is 280 g/mol. The molecule has 2 aromatic carbocycles. The van der Waals surface area contributed by atoms with Crippen molar-refractivity contribution in [2.24, 2.45) is 5.84 Å². The highest BCUT2D eigenvalue weighted by Crippen LogP contribution is 2.31. The van der Waals surface area contributed by atoms with Crippen molar-refractivity contribution in [1.82, 2.24) is 5.43 Å². The van der Waals surface area contributed by atoms with E-state index in [0.717, 1.165) is 16.5 Å². The zero-order valence-corrected chi connectivity index (χ0v) is 11.2. The Morgan fingerprint density at radius 1 is 1.11 bits per heavy atom. The molecule has 1 unspecified atom stereocenters. The van der Waals surface area contributed by atoms with Crippen LogP contribution in [0.3, 0.4) is 0 Å². The van der Waals surface area contributed by atoms with Crippen LogP contribution in [0, 0.1) is 11.6 Å². The predicted octanol–water partition coefficient (Wildman–Crippen LogP) is 3.24. The molecule has 0 spiro atoms. The molecule has 0 aliphatic rings. The van der Waals surface area contributed by atoms with Gasteiger partial charge in [0.05, 0.1) is 6.04 Å². The van der Waals surface area contributed by atoms with Crippen LogP contribution >= 0.6 is 11.8 Å². The Morgan fingerprint density at radius 2 is 1.84 bits per heavy atom. The molecule has 0 aromatic heterocycles. The Bertz CT molecular complexity index is 575. The second-order valence-electron chi connectivity index (χ2n) is 4.01. The van der Waals surface area contributed by atoms with Crippen molar-refractivity contribution in [3.63, 3.8) is 0 Å². The van der Waals surface area contributed by atoms with E-state index >= 15 is 0 Å². The van der Waals surface area contributed by atoms with Gasteiger partial charge in [0, 0.05) is 16.5 Å². The Labute approximate surface area is 115 Å². The Balaban J connectivity index is 2.50. The van der Waals surface area contributed by atoms with Gasteiger partial charge < -0.3 is 0 Å². The molecule has 0 aliphatic heterocycles. The van der Waals surface area contributed by atoms with Gasteiger partial charge in [-0.3, -0.25) is 5.84 Å². The van der Waals surface area contributed by atoms with Crippen LogP contribution in [0.25, 0.3) is 0 Å². The van der Waals surface area contributed by atoms with Crippen molar-refractivity contribution in [3.05, 3.63) is 65.2 Å². The second kappa shape index (κ2) is 6.14. The Kier molecular flexibility index (Phi) is 4.52. The summed E-state index contributed by atoms with van der Waals surface area (Å²) in [7, 11) is 0. The summed E-state index contributed by atoms with van der Waals surface area (Å²) >= 11 is 1.55. The number of thioether (sulfide) groups is 1. The van der Waals surface area contributed by atoms with E-state index in [1.165, 1.54) is 12.1 Å². The third-order valence-corrected chi connectivity index (χ3v) is 3.70. The van der Waals surface area contributed by atoms with Gasteiger partial charge in [-0.1, -0.05) is 24.3 Å². The highest BCUT2D eigenvalue weighted by atomic mass is 32.2. The van der Waals surface area contributed by atoms with Gasteiger partial charge in [-0.05, 0) is 24.0 Å². The predicted molar refractivity (Wildman–Crippen MR) is 73.7 cm³/mol. The molecule has 2 rings (SSSR count). The summed E-state index contributed by atoms with van der Waals surface area (Å²) in [6.07, 6.45) is 1.94. The maximum absolute atomic E-state index is 13.9. The molecule has 5 heteroatoms. The number of benzene rings is 2. The largest absolute Gasteiger partial charge is 0.271 e. The first kappa shape index (κ1) is 14.0. The fraction of sp³-hybridized carbons (Fsp3) is 0.143. The van der Waals surface area contributed by atoms with Crippen LogP contribution in [0.4, 0.5) is 8.78 Å². The van der Waals surface area contributed by atoms with Gasteiger partial charge in [-0.15, -0.1) is 11.8 Å². The highest BCUT2D eigenvalue weighted by Gasteiger charge is 2.19. The number of hydrazine groups is 1. The third-order valence-electron chi connectivity index (χ3n) is 2.89. The number of hydrogen-bond acceptors (Lipinski definition) is 3. The van der Waals surface area contributed by atoms with E-state index in [9.17, 15) is 8.78 Å². The van der Waals surface area contributed by atoms with E-state index in [1.807, 2.05) is 30.5 Å². The number of nitrogens with one attached hydrogen (secondary N) is 1. The van der Waals surface area contributed by atoms with E-state index < -0.39 is 17.7 Å². The fourth-order valence-electron chi connectivity index (χ4n) is 1.99. The summed E-state index contributed by atoms with van der Waals surface area (Å²) in [6.45, 7) is 0. The zero-order valence-electron chi connectivity index (χ0n) is 10.4. The highest BCUT2D eigenvalue weighted by molar-refractivity contribution is 7.98. The molecular weight excluding hydrogens is 266 g/mol. The minimum absolute atomic E-state index is 0.324. The van der Waals surface area contributed by atoms with E-state index in [0.29, 0.717) is 5.56 Å². The summed E-state index contributed by atoms with van der Waals surface area (Å²) in [6, 6.07) is 10.6. The molecule has 0 fully saturated rings. The second-order valence-corrected chi connectivity index (χ2v) is 4.86. The first-order chi connectivity index (χ1) is 9.17. The topological polar surface area (TPSA) is 38.0 Å². The number of halogens is 2. The number of hydrogen-bond donors (Lipinski definition) is 2. The van der Waals surface area contributed by atoms with Crippen molar-refractivity contribution in [2.75, 3.05) is 6.26 Å². The smallest absolute Gasteiger partial charge is 0.131 e. The fourth-order valence-corrected chi connectivity index (χ4v) is 2.62. The van der Waals surface area contributed by atoms with Crippen LogP contribution in [-0.2, 0) is 0 Å². The van der Waals surface area contributed by atoms with Crippen molar-refractivity contribution in [3.8, 4) is 0 Å². The number of nitrogens with two attached hydrogens (primary N) is 1. The third kappa shape index (κ3) is 2.94. The lowest BCUT2D eigenvalue weighted by atomic mass is 9.98. The van der Waals surface area contributed by atoms with E-state index in [2.05, 4.69) is 5.43 Å². The first-order valence-electron chi connectivity index (χ1n) is 5.71. The van der Waals surface area contributed by atoms with E-state index in [4.69, 9.17) is 5.84 Å². The van der Waals surface area contributed by atoms with E-state index in [-0.39, 0.29) is 0 Å². The molecule has 0 amide bonds. The van der Waals surface area contributed by atoms with Crippen molar-refractivity contribution < 1.29 is 8.78 Å². The van der Waals surface area contributed by atoms with Crippen LogP contribution in [0.15, 0.2) is 47.4 Å². The van der Waals surface area contributed by atoms with Crippen molar-refractivity contribution in [1.29, 1.82) is 0 Å². The van der Waals surface area contributed by atoms with E-state index in [1.54, 1.807) is 11.8 Å². The Hall–Kier alpha value is -1.43. The van der Waals surface area contributed by atoms with Crippen LogP contribution in [0.1, 0.15) is 17.2 Å². The minimum atomic E-state index is -0.612. The van der Waals surface area contributed by atoms with Gasteiger partial charge in [0.1, 0.15) is 11.6 Å². The summed E-state index contributed by atoms with van der Waals surface area (Å²) in [5.74, 6) is 4.33.